The minimum atomic E-state index is -0.846. The van der Waals surface area contributed by atoms with Crippen LogP contribution in [0.5, 0.6) is 11.5 Å². The van der Waals surface area contributed by atoms with E-state index in [1.807, 2.05) is 42.3 Å². The maximum atomic E-state index is 14.8. The number of halogens is 2. The number of rotatable bonds is 12. The molecular weight excluding hydrogens is 616 g/mol. The van der Waals surface area contributed by atoms with Gasteiger partial charge >= 0.3 is 5.97 Å². The molecule has 4 aromatic carbocycles. The third kappa shape index (κ3) is 7.78. The van der Waals surface area contributed by atoms with Gasteiger partial charge in [0.15, 0.2) is 0 Å². The first kappa shape index (κ1) is 34.0. The van der Waals surface area contributed by atoms with Gasteiger partial charge in [0.1, 0.15) is 28.7 Å². The van der Waals surface area contributed by atoms with Gasteiger partial charge in [-0.15, -0.1) is 0 Å². The fourth-order valence-corrected chi connectivity index (χ4v) is 5.36. The lowest BCUT2D eigenvalue weighted by molar-refractivity contribution is -0.118. The minimum absolute atomic E-state index is 0. The summed E-state index contributed by atoms with van der Waals surface area (Å²) in [6, 6.07) is 23.5. The summed E-state index contributed by atoms with van der Waals surface area (Å²) in [6.07, 6.45) is 1.29. The lowest BCUT2D eigenvalue weighted by Gasteiger charge is -2.22. The minimum Gasteiger partial charge on any atom is -0.462 e. The zero-order chi connectivity index (χ0) is 34.4. The second-order valence-corrected chi connectivity index (χ2v) is 11.8. The van der Waals surface area contributed by atoms with E-state index in [1.54, 1.807) is 57.2 Å². The van der Waals surface area contributed by atoms with Gasteiger partial charge in [0.2, 0.25) is 11.3 Å². The molecule has 0 atom stereocenters. The molecule has 5 rings (SSSR count). The smallest absolute Gasteiger partial charge is 0.343 e. The van der Waals surface area contributed by atoms with Crippen LogP contribution >= 0.6 is 0 Å². The highest BCUT2D eigenvalue weighted by molar-refractivity contribution is 5.95. The average molecular weight is 656 g/mol. The van der Waals surface area contributed by atoms with Crippen molar-refractivity contribution in [3.8, 4) is 11.5 Å². The van der Waals surface area contributed by atoms with Crippen molar-refractivity contribution >= 4 is 28.5 Å². The van der Waals surface area contributed by atoms with E-state index in [2.05, 4.69) is 5.32 Å². The van der Waals surface area contributed by atoms with Gasteiger partial charge in [-0.2, -0.15) is 0 Å². The van der Waals surface area contributed by atoms with Gasteiger partial charge in [-0.25, -0.2) is 13.6 Å². The highest BCUT2D eigenvalue weighted by Gasteiger charge is 2.23. The van der Waals surface area contributed by atoms with Gasteiger partial charge in [0.25, 0.3) is 0 Å². The zero-order valence-electron chi connectivity index (χ0n) is 27.3. The number of ether oxygens (including phenoxy) is 2. The summed E-state index contributed by atoms with van der Waals surface area (Å²) in [7, 11) is 1.89. The molecule has 1 aromatic heterocycles. The Kier molecular flexibility index (Phi) is 10.7. The Morgan fingerprint density at radius 2 is 1.58 bits per heavy atom. The van der Waals surface area contributed by atoms with Crippen molar-refractivity contribution in [2.75, 3.05) is 19.0 Å². The Morgan fingerprint density at radius 1 is 0.896 bits per heavy atom. The van der Waals surface area contributed by atoms with Crippen molar-refractivity contribution in [1.29, 1.82) is 0 Å². The molecule has 10 heteroatoms. The van der Waals surface area contributed by atoms with Crippen LogP contribution in [-0.2, 0) is 29.2 Å². The molecule has 0 radical (unpaired) electrons. The molecule has 1 N–H and O–H groups in total. The first-order chi connectivity index (χ1) is 23.0. The highest BCUT2D eigenvalue weighted by Crippen LogP contribution is 2.33. The van der Waals surface area contributed by atoms with Gasteiger partial charge in [-0.05, 0) is 68.1 Å². The highest BCUT2D eigenvalue weighted by atomic mass is 19.1. The Morgan fingerprint density at radius 3 is 2.23 bits per heavy atom. The Labute approximate surface area is 279 Å². The van der Waals surface area contributed by atoms with Crippen LogP contribution in [0.2, 0.25) is 0 Å². The summed E-state index contributed by atoms with van der Waals surface area (Å²) in [6.45, 7) is 5.73. The molecule has 8 nitrogen and oxygen atoms in total. The van der Waals surface area contributed by atoms with E-state index in [1.165, 1.54) is 16.8 Å². The SMILES string of the molecule is CCOC(=O)c1cn(Cc2c(F)cccc2F)c2ccc(Oc3ccc(NC(=O)C(C)C)cc3)c(CN(C)Cc3ccccc3)c2c1=O.[HH]. The quantitative estimate of drug-likeness (QED) is 0.138. The maximum absolute atomic E-state index is 14.8. The molecular formula is C38H39F2N3O5. The van der Waals surface area contributed by atoms with E-state index in [-0.39, 0.29) is 49.5 Å². The second-order valence-electron chi connectivity index (χ2n) is 11.8. The number of carbonyl (C=O) groups excluding carboxylic acids is 2. The van der Waals surface area contributed by atoms with E-state index < -0.39 is 23.0 Å². The summed E-state index contributed by atoms with van der Waals surface area (Å²) in [5.74, 6) is -1.87. The lowest BCUT2D eigenvalue weighted by atomic mass is 10.0. The summed E-state index contributed by atoms with van der Waals surface area (Å²) in [5, 5.41) is 3.01. The summed E-state index contributed by atoms with van der Waals surface area (Å²) >= 11 is 0. The van der Waals surface area contributed by atoms with E-state index in [0.717, 1.165) is 17.7 Å². The van der Waals surface area contributed by atoms with E-state index in [4.69, 9.17) is 9.47 Å². The summed E-state index contributed by atoms with van der Waals surface area (Å²) in [4.78, 5) is 41.4. The molecule has 0 saturated carbocycles. The fourth-order valence-electron chi connectivity index (χ4n) is 5.36. The van der Waals surface area contributed by atoms with E-state index >= 15 is 0 Å². The Bertz CT molecular complexity index is 1980. The predicted octanol–water partition coefficient (Wildman–Crippen LogP) is 7.77. The van der Waals surface area contributed by atoms with Gasteiger partial charge in [-0.1, -0.05) is 50.2 Å². The molecule has 0 aliphatic rings. The van der Waals surface area contributed by atoms with E-state index in [9.17, 15) is 23.2 Å². The molecule has 1 amide bonds. The van der Waals surface area contributed by atoms with Crippen LogP contribution < -0.4 is 15.5 Å². The van der Waals surface area contributed by atoms with Crippen LogP contribution in [0.25, 0.3) is 10.9 Å². The third-order valence-corrected chi connectivity index (χ3v) is 7.80. The molecule has 0 unspecified atom stereocenters. The number of esters is 1. The molecule has 0 aliphatic heterocycles. The van der Waals surface area contributed by atoms with Gasteiger partial charge in [0.05, 0.1) is 24.1 Å². The maximum Gasteiger partial charge on any atom is 0.343 e. The standard InChI is InChI=1S/C38H37F2N3O5.H2/c1-5-47-38(46)30-23-43(22-28-31(39)12-9-13-32(28)40)33-18-19-34(48-27-16-14-26(15-17-27)41-37(45)24(2)3)29(35(33)36(30)44)21-42(4)20-25-10-7-6-8-11-25;/h6-19,23-24H,5,20-22H2,1-4H3,(H,41,45);1H. The van der Waals surface area contributed by atoms with Crippen LogP contribution in [0.4, 0.5) is 14.5 Å². The number of anilines is 1. The molecule has 0 bridgehead atoms. The molecule has 250 valence electrons. The largest absolute Gasteiger partial charge is 0.462 e. The number of aromatic nitrogens is 1. The molecule has 1 heterocycles. The van der Waals surface area contributed by atoms with Crippen LogP contribution in [0.1, 0.15) is 49.2 Å². The first-order valence-corrected chi connectivity index (χ1v) is 15.7. The third-order valence-electron chi connectivity index (χ3n) is 7.80. The van der Waals surface area contributed by atoms with Crippen LogP contribution in [0, 0.1) is 17.6 Å². The van der Waals surface area contributed by atoms with Crippen molar-refractivity contribution < 1.29 is 29.3 Å². The predicted molar refractivity (Wildman–Crippen MR) is 183 cm³/mol. The van der Waals surface area contributed by atoms with E-state index in [0.29, 0.717) is 34.8 Å². The monoisotopic (exact) mass is 655 g/mol. The summed E-state index contributed by atoms with van der Waals surface area (Å²) in [5.41, 5.74) is 1.40. The molecule has 0 fully saturated rings. The number of nitrogens with zero attached hydrogens (tertiary/aromatic N) is 2. The average Bonchev–Trinajstić information content (AvgIpc) is 3.06. The van der Waals surface area contributed by atoms with Crippen molar-refractivity contribution in [3.05, 3.63) is 135 Å². The number of hydrogen-bond donors (Lipinski definition) is 1. The molecule has 48 heavy (non-hydrogen) atoms. The normalized spacial score (nSPS) is 11.2. The molecule has 0 saturated heterocycles. The van der Waals surface area contributed by atoms with Crippen LogP contribution in [-0.4, -0.2) is 35.0 Å². The number of fused-ring (bicyclic) bond motifs is 1. The van der Waals surface area contributed by atoms with Crippen molar-refractivity contribution in [2.24, 2.45) is 5.92 Å². The molecule has 5 aromatic rings. The molecule has 0 spiro atoms. The number of carbonyl (C=O) groups is 2. The van der Waals surface area contributed by atoms with Gasteiger partial charge in [0, 0.05) is 43.4 Å². The Balaban J connectivity index is 0.00000541. The molecule has 0 aliphatic carbocycles. The van der Waals surface area contributed by atoms with Gasteiger partial charge in [-0.3, -0.25) is 14.5 Å². The summed E-state index contributed by atoms with van der Waals surface area (Å²) < 4.78 is 42.7. The Hall–Kier alpha value is -5.35. The number of nitrogens with one attached hydrogen (secondary N) is 1. The van der Waals surface area contributed by atoms with Crippen LogP contribution in [0.3, 0.4) is 0 Å². The van der Waals surface area contributed by atoms with Crippen molar-refractivity contribution in [3.63, 3.8) is 0 Å². The lowest BCUT2D eigenvalue weighted by Crippen LogP contribution is -2.24. The fraction of sp³-hybridized carbons (Fsp3) is 0.237. The first-order valence-electron chi connectivity index (χ1n) is 15.7. The number of amides is 1. The van der Waals surface area contributed by atoms with Gasteiger partial charge < -0.3 is 19.4 Å². The second kappa shape index (κ2) is 15.0. The van der Waals surface area contributed by atoms with Crippen molar-refractivity contribution in [1.82, 2.24) is 9.47 Å². The topological polar surface area (TPSA) is 89.9 Å². The number of pyridine rings is 1. The van der Waals surface area contributed by atoms with Crippen LogP contribution in [0.15, 0.2) is 95.9 Å². The zero-order valence-corrected chi connectivity index (χ0v) is 27.3. The van der Waals surface area contributed by atoms with Crippen molar-refractivity contribution in [2.45, 2.75) is 40.4 Å². The number of hydrogen-bond acceptors (Lipinski definition) is 6. The number of benzene rings is 4.